The second-order valence-electron chi connectivity index (χ2n) is 6.11. The van der Waals surface area contributed by atoms with Gasteiger partial charge >= 0.3 is 0 Å². The van der Waals surface area contributed by atoms with Gasteiger partial charge in [0.15, 0.2) is 9.84 Å². The zero-order valence-electron chi connectivity index (χ0n) is 14.7. The zero-order chi connectivity index (χ0) is 19.6. The second kappa shape index (κ2) is 7.77. The standard InChI is InChI=1S/C20H17IN2O3S/c1-13-11-15(27(2,25)26)7-8-16(13)20(24)23-14-6-9-18(21)17(12-14)19-5-3-4-10-22-19/h3-12H,1-2H3,(H,23,24). The molecule has 27 heavy (non-hydrogen) atoms. The number of carbonyl (C=O) groups excluding carboxylic acids is 1. The van der Waals surface area contributed by atoms with Crippen molar-refractivity contribution >= 4 is 44.0 Å². The van der Waals surface area contributed by atoms with E-state index in [0.717, 1.165) is 21.1 Å². The Morgan fingerprint density at radius 1 is 1.07 bits per heavy atom. The number of carbonyl (C=O) groups is 1. The van der Waals surface area contributed by atoms with E-state index in [-0.39, 0.29) is 10.8 Å². The Labute approximate surface area is 171 Å². The van der Waals surface area contributed by atoms with E-state index in [1.807, 2.05) is 36.4 Å². The van der Waals surface area contributed by atoms with Crippen LogP contribution < -0.4 is 5.32 Å². The normalized spacial score (nSPS) is 11.2. The molecule has 138 valence electrons. The molecule has 0 unspecified atom stereocenters. The van der Waals surface area contributed by atoms with Crippen LogP contribution in [0.1, 0.15) is 15.9 Å². The minimum absolute atomic E-state index is 0.197. The third kappa shape index (κ3) is 4.54. The summed E-state index contributed by atoms with van der Waals surface area (Å²) in [5, 5.41) is 2.88. The summed E-state index contributed by atoms with van der Waals surface area (Å²) in [4.78, 5) is 17.2. The van der Waals surface area contributed by atoms with Crippen LogP contribution in [0.25, 0.3) is 11.3 Å². The molecule has 0 bridgehead atoms. The molecule has 0 fully saturated rings. The number of sulfone groups is 1. The first-order chi connectivity index (χ1) is 12.8. The van der Waals surface area contributed by atoms with Gasteiger partial charge in [0.05, 0.1) is 10.6 Å². The quantitative estimate of drug-likeness (QED) is 0.551. The van der Waals surface area contributed by atoms with Crippen LogP contribution >= 0.6 is 22.6 Å². The molecule has 1 N–H and O–H groups in total. The molecular formula is C20H17IN2O3S. The smallest absolute Gasteiger partial charge is 0.255 e. The van der Waals surface area contributed by atoms with Crippen LogP contribution in [-0.4, -0.2) is 25.6 Å². The molecule has 0 aliphatic carbocycles. The zero-order valence-corrected chi connectivity index (χ0v) is 17.7. The predicted molar refractivity (Wildman–Crippen MR) is 115 cm³/mol. The molecule has 0 aliphatic heterocycles. The van der Waals surface area contributed by atoms with E-state index in [4.69, 9.17) is 0 Å². The van der Waals surface area contributed by atoms with Crippen molar-refractivity contribution in [2.75, 3.05) is 11.6 Å². The highest BCUT2D eigenvalue weighted by Gasteiger charge is 2.14. The predicted octanol–water partition coefficient (Wildman–Crippen LogP) is 4.32. The molecule has 0 saturated heterocycles. The van der Waals surface area contributed by atoms with Crippen molar-refractivity contribution in [3.63, 3.8) is 0 Å². The van der Waals surface area contributed by atoms with E-state index in [1.54, 1.807) is 13.1 Å². The molecule has 5 nitrogen and oxygen atoms in total. The summed E-state index contributed by atoms with van der Waals surface area (Å²) in [6, 6.07) is 15.8. The van der Waals surface area contributed by atoms with E-state index in [0.29, 0.717) is 16.8 Å². The van der Waals surface area contributed by atoms with Gasteiger partial charge in [0.25, 0.3) is 5.91 Å². The Morgan fingerprint density at radius 2 is 1.85 bits per heavy atom. The van der Waals surface area contributed by atoms with Crippen LogP contribution in [0, 0.1) is 10.5 Å². The van der Waals surface area contributed by atoms with Gasteiger partial charge < -0.3 is 5.32 Å². The first-order valence-electron chi connectivity index (χ1n) is 8.09. The maximum absolute atomic E-state index is 12.7. The monoisotopic (exact) mass is 492 g/mol. The van der Waals surface area contributed by atoms with Crippen molar-refractivity contribution < 1.29 is 13.2 Å². The number of aromatic nitrogens is 1. The summed E-state index contributed by atoms with van der Waals surface area (Å²) < 4.78 is 24.3. The van der Waals surface area contributed by atoms with Crippen molar-refractivity contribution in [2.24, 2.45) is 0 Å². The first kappa shape index (κ1) is 19.5. The number of aryl methyl sites for hydroxylation is 1. The van der Waals surface area contributed by atoms with Crippen LogP contribution in [0.5, 0.6) is 0 Å². The Kier molecular flexibility index (Phi) is 5.61. The van der Waals surface area contributed by atoms with Crippen molar-refractivity contribution in [1.29, 1.82) is 0 Å². The highest BCUT2D eigenvalue weighted by atomic mass is 127. The Hall–Kier alpha value is -2.26. The molecule has 0 atom stereocenters. The average Bonchev–Trinajstić information content (AvgIpc) is 2.63. The number of nitrogens with zero attached hydrogens (tertiary/aromatic N) is 1. The summed E-state index contributed by atoms with van der Waals surface area (Å²) in [6.45, 7) is 1.72. The van der Waals surface area contributed by atoms with E-state index in [2.05, 4.69) is 32.9 Å². The van der Waals surface area contributed by atoms with E-state index in [9.17, 15) is 13.2 Å². The first-order valence-corrected chi connectivity index (χ1v) is 11.1. The Morgan fingerprint density at radius 3 is 2.48 bits per heavy atom. The minimum Gasteiger partial charge on any atom is -0.322 e. The maximum atomic E-state index is 12.7. The number of benzene rings is 2. The summed E-state index contributed by atoms with van der Waals surface area (Å²) in [6.07, 6.45) is 2.87. The largest absolute Gasteiger partial charge is 0.322 e. The van der Waals surface area contributed by atoms with Gasteiger partial charge in [0.1, 0.15) is 0 Å². The van der Waals surface area contributed by atoms with Gasteiger partial charge in [-0.25, -0.2) is 8.42 Å². The number of hydrogen-bond donors (Lipinski definition) is 1. The molecule has 0 saturated carbocycles. The molecule has 0 spiro atoms. The molecule has 0 aliphatic rings. The lowest BCUT2D eigenvalue weighted by atomic mass is 10.1. The van der Waals surface area contributed by atoms with E-state index in [1.165, 1.54) is 18.2 Å². The van der Waals surface area contributed by atoms with Crippen molar-refractivity contribution in [3.8, 4) is 11.3 Å². The van der Waals surface area contributed by atoms with Crippen LogP contribution in [-0.2, 0) is 9.84 Å². The van der Waals surface area contributed by atoms with Gasteiger partial charge in [-0.3, -0.25) is 9.78 Å². The average molecular weight is 492 g/mol. The SMILES string of the molecule is Cc1cc(S(C)(=O)=O)ccc1C(=O)Nc1ccc(I)c(-c2ccccn2)c1. The fourth-order valence-corrected chi connectivity index (χ4v) is 3.96. The molecule has 3 rings (SSSR count). The number of nitrogens with one attached hydrogen (secondary N) is 1. The highest BCUT2D eigenvalue weighted by Crippen LogP contribution is 2.27. The Balaban J connectivity index is 1.89. The lowest BCUT2D eigenvalue weighted by Crippen LogP contribution is -2.14. The van der Waals surface area contributed by atoms with Gasteiger partial charge in [-0.1, -0.05) is 6.07 Å². The maximum Gasteiger partial charge on any atom is 0.255 e. The summed E-state index contributed by atoms with van der Waals surface area (Å²) in [5.74, 6) is -0.291. The minimum atomic E-state index is -3.31. The summed E-state index contributed by atoms with van der Waals surface area (Å²) in [5.41, 5.74) is 3.43. The topological polar surface area (TPSA) is 76.1 Å². The number of pyridine rings is 1. The molecular weight excluding hydrogens is 475 g/mol. The molecule has 1 heterocycles. The van der Waals surface area contributed by atoms with E-state index < -0.39 is 9.84 Å². The summed E-state index contributed by atoms with van der Waals surface area (Å²) >= 11 is 2.23. The lowest BCUT2D eigenvalue weighted by molar-refractivity contribution is 0.102. The lowest BCUT2D eigenvalue weighted by Gasteiger charge is -2.11. The summed E-state index contributed by atoms with van der Waals surface area (Å²) in [7, 11) is -3.31. The van der Waals surface area contributed by atoms with Crippen LogP contribution in [0.4, 0.5) is 5.69 Å². The van der Waals surface area contributed by atoms with Gasteiger partial charge in [-0.2, -0.15) is 0 Å². The fourth-order valence-electron chi connectivity index (χ4n) is 2.64. The molecule has 0 radical (unpaired) electrons. The number of halogens is 1. The van der Waals surface area contributed by atoms with Crippen molar-refractivity contribution in [2.45, 2.75) is 11.8 Å². The molecule has 1 aromatic heterocycles. The second-order valence-corrected chi connectivity index (χ2v) is 9.29. The molecule has 2 aromatic carbocycles. The van der Waals surface area contributed by atoms with Crippen LogP contribution in [0.3, 0.4) is 0 Å². The van der Waals surface area contributed by atoms with Gasteiger partial charge in [0, 0.05) is 32.8 Å². The number of amides is 1. The van der Waals surface area contributed by atoms with Crippen molar-refractivity contribution in [1.82, 2.24) is 4.98 Å². The number of hydrogen-bond acceptors (Lipinski definition) is 4. The van der Waals surface area contributed by atoms with Crippen LogP contribution in [0.2, 0.25) is 0 Å². The van der Waals surface area contributed by atoms with E-state index >= 15 is 0 Å². The molecule has 1 amide bonds. The van der Waals surface area contributed by atoms with Gasteiger partial charge in [-0.15, -0.1) is 0 Å². The van der Waals surface area contributed by atoms with Gasteiger partial charge in [-0.05, 0) is 83.6 Å². The number of rotatable bonds is 4. The van der Waals surface area contributed by atoms with Crippen molar-refractivity contribution in [3.05, 3.63) is 75.5 Å². The highest BCUT2D eigenvalue weighted by molar-refractivity contribution is 14.1. The fraction of sp³-hybridized carbons (Fsp3) is 0.100. The third-order valence-electron chi connectivity index (χ3n) is 4.04. The molecule has 7 heteroatoms. The molecule has 3 aromatic rings. The van der Waals surface area contributed by atoms with Crippen LogP contribution in [0.15, 0.2) is 65.7 Å². The van der Waals surface area contributed by atoms with Gasteiger partial charge in [0.2, 0.25) is 0 Å². The number of anilines is 1. The third-order valence-corrected chi connectivity index (χ3v) is 6.09. The Bertz CT molecular complexity index is 1110.